The topological polar surface area (TPSA) is 47.3 Å². The third kappa shape index (κ3) is 3.21. The Bertz CT molecular complexity index is 67.1. The zero-order chi connectivity index (χ0) is 6.62. The van der Waals surface area contributed by atoms with Crippen molar-refractivity contribution < 1.29 is 4.84 Å². The highest BCUT2D eigenvalue weighted by Gasteiger charge is 2.14. The summed E-state index contributed by atoms with van der Waals surface area (Å²) >= 11 is 5.04. The van der Waals surface area contributed by atoms with Crippen LogP contribution >= 0.6 is 11.8 Å². The second-order valence-electron chi connectivity index (χ2n) is 2.14. The van der Waals surface area contributed by atoms with E-state index in [-0.39, 0.29) is 5.60 Å². The molecule has 0 saturated carbocycles. The molecule has 0 rings (SSSR count). The molecule has 0 aliphatic carbocycles. The minimum absolute atomic E-state index is 0.373. The monoisotopic (exact) mass is 138 g/mol. The lowest BCUT2D eigenvalue weighted by Crippen LogP contribution is -2.36. The molecule has 3 N–H and O–H groups in total. The quantitative estimate of drug-likeness (QED) is 0.439. The number of nitrogens with two attached hydrogens (primary N) is 1. The van der Waals surface area contributed by atoms with E-state index in [0.29, 0.717) is 6.54 Å². The zero-order valence-electron chi connectivity index (χ0n) is 5.07. The van der Waals surface area contributed by atoms with E-state index in [2.05, 4.69) is 5.00 Å². The fraction of sp³-hybridized carbons (Fsp3) is 1.00. The number of rotatable bonds is 3. The summed E-state index contributed by atoms with van der Waals surface area (Å²) in [5.41, 5.74) is 4.90. The van der Waals surface area contributed by atoms with Gasteiger partial charge in [0.1, 0.15) is 0 Å². The van der Waals surface area contributed by atoms with E-state index in [1.54, 1.807) is 0 Å². The molecule has 0 aliphatic rings. The molecule has 50 valence electrons. The molecule has 8 heavy (non-hydrogen) atoms. The van der Waals surface area contributed by atoms with Crippen LogP contribution in [0.15, 0.2) is 0 Å². The summed E-state index contributed by atoms with van der Waals surface area (Å²) in [6, 6.07) is 0. The third-order valence-electron chi connectivity index (χ3n) is 0.806. The molecule has 0 radical (unpaired) electrons. The van der Waals surface area contributed by atoms with Crippen LogP contribution in [-0.4, -0.2) is 12.1 Å². The van der Waals surface area contributed by atoms with Gasteiger partial charge in [0.15, 0.2) is 0 Å². The van der Waals surface area contributed by atoms with Crippen molar-refractivity contribution in [2.75, 3.05) is 6.54 Å². The van der Waals surface area contributed by atoms with E-state index in [0.717, 1.165) is 0 Å². The summed E-state index contributed by atoms with van der Waals surface area (Å²) in [6.45, 7) is 4.11. The zero-order valence-corrected chi connectivity index (χ0v) is 5.83. The van der Waals surface area contributed by atoms with Crippen LogP contribution in [0.25, 0.3) is 0 Å². The first-order valence-corrected chi connectivity index (χ1v) is 2.74. The van der Waals surface area contributed by atoms with Gasteiger partial charge in [0.25, 0.3) is 0 Å². The van der Waals surface area contributed by atoms with Crippen molar-refractivity contribution in [3.63, 3.8) is 0 Å². The highest BCUT2D eigenvalue weighted by molar-refractivity contribution is 6.12. The van der Waals surface area contributed by atoms with Crippen molar-refractivity contribution in [3.8, 4) is 0 Å². The Morgan fingerprint density at radius 2 is 2.25 bits per heavy atom. The number of halogens is 1. The lowest BCUT2D eigenvalue weighted by Gasteiger charge is -2.19. The van der Waals surface area contributed by atoms with Gasteiger partial charge in [-0.25, -0.2) is 0 Å². The van der Waals surface area contributed by atoms with Gasteiger partial charge in [-0.3, -0.25) is 4.84 Å². The van der Waals surface area contributed by atoms with Crippen LogP contribution in [0, 0.1) is 0 Å². The summed E-state index contributed by atoms with van der Waals surface area (Å²) in [7, 11) is 0. The molecular weight excluding hydrogens is 128 g/mol. The minimum Gasteiger partial charge on any atom is -0.328 e. The van der Waals surface area contributed by atoms with Crippen molar-refractivity contribution in [2.24, 2.45) is 5.73 Å². The van der Waals surface area contributed by atoms with E-state index in [4.69, 9.17) is 22.3 Å². The van der Waals surface area contributed by atoms with Gasteiger partial charge in [-0.1, -0.05) is 0 Å². The van der Waals surface area contributed by atoms with Crippen LogP contribution in [0.2, 0.25) is 0 Å². The molecule has 3 nitrogen and oxygen atoms in total. The second kappa shape index (κ2) is 3.25. The summed E-state index contributed by atoms with van der Waals surface area (Å²) < 4.78 is 0. The highest BCUT2D eigenvalue weighted by Crippen LogP contribution is 2.02. The summed E-state index contributed by atoms with van der Waals surface area (Å²) in [5, 5.41) is 0. The predicted octanol–water partition coefficient (Wildman–Crippen LogP) is 0.399. The molecule has 0 aromatic heterocycles. The number of nitrogens with one attached hydrogen (secondary N) is 1. The lowest BCUT2D eigenvalue weighted by molar-refractivity contribution is -0.0418. The van der Waals surface area contributed by atoms with Crippen molar-refractivity contribution in [2.45, 2.75) is 19.4 Å². The molecule has 0 heterocycles. The Morgan fingerprint density at radius 1 is 1.75 bits per heavy atom. The maximum atomic E-state index is 5.27. The van der Waals surface area contributed by atoms with Crippen molar-refractivity contribution in [1.82, 2.24) is 5.00 Å². The fourth-order valence-electron chi connectivity index (χ4n) is 0.146. The Labute approximate surface area is 54.2 Å². The Morgan fingerprint density at radius 3 is 2.38 bits per heavy atom. The van der Waals surface area contributed by atoms with Gasteiger partial charge in [-0.2, -0.15) is 0 Å². The first-order valence-electron chi connectivity index (χ1n) is 2.36. The van der Waals surface area contributed by atoms with Gasteiger partial charge < -0.3 is 5.73 Å². The third-order valence-corrected chi connectivity index (χ3v) is 0.884. The Hall–Kier alpha value is 0.170. The molecule has 4 heteroatoms. The van der Waals surface area contributed by atoms with Crippen LogP contribution < -0.4 is 10.7 Å². The molecule has 0 unspecified atom stereocenters. The van der Waals surface area contributed by atoms with Crippen LogP contribution in [0.4, 0.5) is 0 Å². The van der Waals surface area contributed by atoms with Crippen LogP contribution in [-0.2, 0) is 4.84 Å². The summed E-state index contributed by atoms with van der Waals surface area (Å²) in [4.78, 5) is 6.82. The van der Waals surface area contributed by atoms with Crippen LogP contribution in [0.1, 0.15) is 13.8 Å². The largest absolute Gasteiger partial charge is 0.328 e. The SMILES string of the molecule is CC(C)(CN)ONCl. The number of hydrogen-bond acceptors (Lipinski definition) is 3. The Balaban J connectivity index is 3.37. The normalized spacial score (nSPS) is 12.0. The van der Waals surface area contributed by atoms with E-state index in [1.165, 1.54) is 0 Å². The van der Waals surface area contributed by atoms with Crippen molar-refractivity contribution >= 4 is 11.8 Å². The van der Waals surface area contributed by atoms with Crippen LogP contribution in [0.5, 0.6) is 0 Å². The van der Waals surface area contributed by atoms with E-state index >= 15 is 0 Å². The van der Waals surface area contributed by atoms with Gasteiger partial charge in [0, 0.05) is 18.3 Å². The van der Waals surface area contributed by atoms with E-state index in [9.17, 15) is 0 Å². The highest BCUT2D eigenvalue weighted by atomic mass is 35.5. The molecule has 0 aliphatic heterocycles. The van der Waals surface area contributed by atoms with Gasteiger partial charge >= 0.3 is 0 Å². The molecule has 0 atom stereocenters. The second-order valence-corrected chi connectivity index (χ2v) is 2.30. The number of hydrogen-bond donors (Lipinski definition) is 2. The van der Waals surface area contributed by atoms with Gasteiger partial charge in [-0.15, -0.1) is 5.00 Å². The first-order chi connectivity index (χ1) is 3.62. The van der Waals surface area contributed by atoms with E-state index in [1.807, 2.05) is 13.8 Å². The smallest absolute Gasteiger partial charge is 0.0977 e. The molecule has 0 fully saturated rings. The molecular formula is C4H11ClN2O. The summed E-state index contributed by atoms with van der Waals surface area (Å²) in [6.07, 6.45) is 0. The molecule has 0 spiro atoms. The van der Waals surface area contributed by atoms with Crippen molar-refractivity contribution in [1.29, 1.82) is 0 Å². The van der Waals surface area contributed by atoms with Gasteiger partial charge in [-0.05, 0) is 13.8 Å². The standard InChI is InChI=1S/C4H11ClN2O/c1-4(2,3-6)8-7-5/h7H,3,6H2,1-2H3. The van der Waals surface area contributed by atoms with Crippen LogP contribution in [0.3, 0.4) is 0 Å². The molecule has 0 saturated heterocycles. The first kappa shape index (κ1) is 8.17. The fourth-order valence-corrected chi connectivity index (χ4v) is 0.355. The molecule has 0 amide bonds. The maximum Gasteiger partial charge on any atom is 0.0977 e. The average molecular weight is 139 g/mol. The minimum atomic E-state index is -0.373. The Kier molecular flexibility index (Phi) is 3.31. The lowest BCUT2D eigenvalue weighted by atomic mass is 10.1. The van der Waals surface area contributed by atoms with Gasteiger partial charge in [0.05, 0.1) is 5.60 Å². The summed E-state index contributed by atoms with van der Waals surface area (Å²) in [5.74, 6) is 0. The molecule has 0 bridgehead atoms. The maximum absolute atomic E-state index is 5.27. The van der Waals surface area contributed by atoms with Gasteiger partial charge in [0.2, 0.25) is 0 Å². The predicted molar refractivity (Wildman–Crippen MR) is 33.2 cm³/mol. The molecule has 0 aromatic rings. The van der Waals surface area contributed by atoms with Crippen molar-refractivity contribution in [3.05, 3.63) is 0 Å². The van der Waals surface area contributed by atoms with E-state index < -0.39 is 0 Å². The average Bonchev–Trinajstić information content (AvgIpc) is 1.67. The molecule has 0 aromatic carbocycles.